The number of aromatic nitrogens is 4. The summed E-state index contributed by atoms with van der Waals surface area (Å²) in [4.78, 5) is 41.8. The van der Waals surface area contributed by atoms with Gasteiger partial charge in [0.15, 0.2) is 16.5 Å². The monoisotopic (exact) mass is 674 g/mol. The molecule has 47 heavy (non-hydrogen) atoms. The number of piperazine rings is 1. The van der Waals surface area contributed by atoms with Crippen LogP contribution in [0, 0.1) is 18.6 Å². The number of fused-ring (bicyclic) bond motifs is 1. The quantitative estimate of drug-likeness (QED) is 0.215. The number of nitrogens with zero attached hydrogens (tertiary/aromatic N) is 6. The zero-order valence-electron chi connectivity index (χ0n) is 25.1. The normalized spacial score (nSPS) is 17.3. The molecule has 1 aliphatic carbocycles. The van der Waals surface area contributed by atoms with Gasteiger partial charge in [-0.25, -0.2) is 36.5 Å². The summed E-state index contributed by atoms with van der Waals surface area (Å²) < 4.78 is 101. The van der Waals surface area contributed by atoms with Gasteiger partial charge < -0.3 is 9.80 Å². The van der Waals surface area contributed by atoms with Crippen LogP contribution in [0.4, 0.5) is 27.8 Å². The lowest BCUT2D eigenvalue weighted by Crippen LogP contribution is -2.54. The van der Waals surface area contributed by atoms with E-state index in [0.717, 1.165) is 28.8 Å². The van der Waals surface area contributed by atoms with Gasteiger partial charge in [-0.1, -0.05) is 12.6 Å². The van der Waals surface area contributed by atoms with Crippen LogP contribution in [-0.2, 0) is 20.8 Å². The molecule has 10 nitrogen and oxygen atoms in total. The minimum absolute atomic E-state index is 0.102. The predicted octanol–water partition coefficient (Wildman–Crippen LogP) is 4.61. The molecule has 1 aromatic carbocycles. The Kier molecular flexibility index (Phi) is 7.89. The lowest BCUT2D eigenvalue weighted by atomic mass is 10.0. The van der Waals surface area contributed by atoms with Crippen molar-refractivity contribution in [3.8, 4) is 16.9 Å². The maximum Gasteiger partial charge on any atom is 0.417 e. The Hall–Kier alpha value is -4.73. The maximum absolute atomic E-state index is 16.0. The van der Waals surface area contributed by atoms with E-state index in [4.69, 9.17) is 0 Å². The lowest BCUT2D eigenvalue weighted by molar-refractivity contribution is -0.137. The molecule has 0 unspecified atom stereocenters. The van der Waals surface area contributed by atoms with Gasteiger partial charge >= 0.3 is 11.9 Å². The molecule has 0 bridgehead atoms. The van der Waals surface area contributed by atoms with Crippen molar-refractivity contribution in [3.05, 3.63) is 82.4 Å². The summed E-state index contributed by atoms with van der Waals surface area (Å²) in [5.74, 6) is -3.19. The second-order valence-electron chi connectivity index (χ2n) is 11.5. The van der Waals surface area contributed by atoms with Crippen molar-refractivity contribution in [1.82, 2.24) is 24.4 Å². The van der Waals surface area contributed by atoms with Gasteiger partial charge in [0.1, 0.15) is 17.3 Å². The van der Waals surface area contributed by atoms with Crippen LogP contribution in [0.3, 0.4) is 0 Å². The third-order valence-electron chi connectivity index (χ3n) is 8.29. The van der Waals surface area contributed by atoms with Crippen molar-refractivity contribution < 1.29 is 35.2 Å². The van der Waals surface area contributed by atoms with Gasteiger partial charge in [0, 0.05) is 31.9 Å². The second kappa shape index (κ2) is 11.5. The van der Waals surface area contributed by atoms with Crippen molar-refractivity contribution in [2.75, 3.05) is 24.5 Å². The van der Waals surface area contributed by atoms with E-state index in [1.807, 2.05) is 0 Å². The first-order chi connectivity index (χ1) is 22.1. The third-order valence-corrected chi connectivity index (χ3v) is 10.5. The largest absolute Gasteiger partial charge is 0.417 e. The van der Waals surface area contributed by atoms with Crippen LogP contribution in [0.2, 0.25) is 0 Å². The average molecular weight is 675 g/mol. The molecule has 2 fully saturated rings. The number of pyridine rings is 2. The van der Waals surface area contributed by atoms with E-state index in [1.54, 1.807) is 11.8 Å². The molecule has 4 aromatic rings. The number of sulfone groups is 1. The van der Waals surface area contributed by atoms with E-state index in [9.17, 15) is 31.2 Å². The van der Waals surface area contributed by atoms with Gasteiger partial charge in [-0.2, -0.15) is 18.2 Å². The molecular weight excluding hydrogens is 647 g/mol. The van der Waals surface area contributed by atoms with Crippen molar-refractivity contribution in [3.63, 3.8) is 0 Å². The molecule has 1 amide bonds. The number of halogens is 5. The van der Waals surface area contributed by atoms with E-state index >= 15 is 8.78 Å². The Morgan fingerprint density at radius 2 is 1.81 bits per heavy atom. The topological polar surface area (TPSA) is 118 Å². The molecular formula is C31H27F5N6O4S. The fourth-order valence-electron chi connectivity index (χ4n) is 5.85. The second-order valence-corrected chi connectivity index (χ2v) is 13.6. The number of alkyl halides is 3. The molecule has 0 N–H and O–H groups in total. The van der Waals surface area contributed by atoms with E-state index < -0.39 is 72.1 Å². The van der Waals surface area contributed by atoms with Crippen LogP contribution in [0.25, 0.3) is 28.0 Å². The number of anilines is 1. The zero-order valence-corrected chi connectivity index (χ0v) is 25.9. The molecule has 0 radical (unpaired) electrons. The molecule has 246 valence electrons. The van der Waals surface area contributed by atoms with Gasteiger partial charge in [0.05, 0.1) is 27.5 Å². The van der Waals surface area contributed by atoms with Crippen LogP contribution < -0.4 is 10.6 Å². The highest BCUT2D eigenvalue weighted by Crippen LogP contribution is 2.41. The van der Waals surface area contributed by atoms with Crippen molar-refractivity contribution in [2.24, 2.45) is 0 Å². The fraction of sp³-hybridized carbons (Fsp3) is 0.323. The summed E-state index contributed by atoms with van der Waals surface area (Å²) in [6, 6.07) is 3.86. The van der Waals surface area contributed by atoms with Crippen LogP contribution in [0.1, 0.15) is 30.9 Å². The summed E-state index contributed by atoms with van der Waals surface area (Å²) in [5, 5.41) is -1.39. The molecule has 3 aromatic heterocycles. The van der Waals surface area contributed by atoms with E-state index in [2.05, 4.69) is 21.5 Å². The zero-order chi connectivity index (χ0) is 34.0. The number of carbonyl (C=O) groups is 1. The van der Waals surface area contributed by atoms with Crippen LogP contribution in [0.5, 0.6) is 0 Å². The maximum atomic E-state index is 16.0. The number of rotatable bonds is 6. The Balaban J connectivity index is 1.69. The molecule has 2 aliphatic rings. The van der Waals surface area contributed by atoms with E-state index in [0.29, 0.717) is 18.9 Å². The highest BCUT2D eigenvalue weighted by atomic mass is 32.2. The Morgan fingerprint density at radius 1 is 1.09 bits per heavy atom. The van der Waals surface area contributed by atoms with E-state index in [-0.39, 0.29) is 48.0 Å². The van der Waals surface area contributed by atoms with Crippen LogP contribution >= 0.6 is 0 Å². The standard InChI is InChI=1S/C31H27F5N6O4S/c1-4-23(43)40-12-13-41(17(3)15-40)27-19-14-22(33)25(24-20(31(34,35)36)6-5-7-21(24)32)38-28(19)42(30(44)39-27)26-16(2)10-11-37-29(26)47(45,46)18-8-9-18/h4-7,10-11,14,17-18H,1,8-9,12-13,15H2,2-3H3/t17-/m0/s1. The summed E-state index contributed by atoms with van der Waals surface area (Å²) >= 11 is 0. The minimum atomic E-state index is -5.10. The van der Waals surface area contributed by atoms with Gasteiger partial charge in [-0.3, -0.25) is 4.79 Å². The Morgan fingerprint density at radius 3 is 2.45 bits per heavy atom. The average Bonchev–Trinajstić information content (AvgIpc) is 3.87. The van der Waals surface area contributed by atoms with Gasteiger partial charge in [-0.05, 0) is 62.6 Å². The number of hydrogen-bond acceptors (Lipinski definition) is 8. The molecule has 4 heterocycles. The highest BCUT2D eigenvalue weighted by Gasteiger charge is 2.41. The molecule has 1 aliphatic heterocycles. The van der Waals surface area contributed by atoms with Crippen molar-refractivity contribution >= 4 is 32.6 Å². The summed E-state index contributed by atoms with van der Waals surface area (Å²) in [5.41, 5.74) is -5.30. The first-order valence-electron chi connectivity index (χ1n) is 14.5. The van der Waals surface area contributed by atoms with Crippen molar-refractivity contribution in [2.45, 2.75) is 49.2 Å². The van der Waals surface area contributed by atoms with E-state index in [1.165, 1.54) is 24.1 Å². The summed E-state index contributed by atoms with van der Waals surface area (Å²) in [7, 11) is -4.08. The summed E-state index contributed by atoms with van der Waals surface area (Å²) in [6.07, 6.45) is -1.98. The molecule has 6 rings (SSSR count). The SMILES string of the molecule is C=CC(=O)N1CCN(c2nc(=O)n(-c3c(C)ccnc3S(=O)(=O)C3CC3)c3nc(-c4c(F)cccc4C(F)(F)F)c(F)cc23)[C@@H](C)C1. The molecule has 0 spiro atoms. The summed E-state index contributed by atoms with van der Waals surface area (Å²) in [6.45, 7) is 7.17. The first kappa shape index (κ1) is 32.2. The lowest BCUT2D eigenvalue weighted by Gasteiger charge is -2.40. The number of aryl methyl sites for hydroxylation is 1. The molecule has 1 saturated heterocycles. The third kappa shape index (κ3) is 5.53. The predicted molar refractivity (Wildman–Crippen MR) is 162 cm³/mol. The first-order valence-corrected chi connectivity index (χ1v) is 16.1. The highest BCUT2D eigenvalue weighted by molar-refractivity contribution is 7.92. The van der Waals surface area contributed by atoms with Crippen LogP contribution in [0.15, 0.2) is 59.0 Å². The van der Waals surface area contributed by atoms with Crippen molar-refractivity contribution in [1.29, 1.82) is 0 Å². The Labute approximate surface area is 265 Å². The molecule has 16 heteroatoms. The van der Waals surface area contributed by atoms with Gasteiger partial charge in [-0.15, -0.1) is 0 Å². The molecule has 1 saturated carbocycles. The van der Waals surface area contributed by atoms with Gasteiger partial charge in [0.25, 0.3) is 0 Å². The number of benzene rings is 1. The van der Waals surface area contributed by atoms with Crippen LogP contribution in [-0.4, -0.2) is 69.7 Å². The smallest absolute Gasteiger partial charge is 0.350 e. The minimum Gasteiger partial charge on any atom is -0.350 e. The number of amides is 1. The Bertz CT molecular complexity index is 2130. The van der Waals surface area contributed by atoms with Gasteiger partial charge in [0.2, 0.25) is 15.7 Å². The number of carbonyl (C=O) groups excluding carboxylic acids is 1. The fourth-order valence-corrected chi connectivity index (χ4v) is 7.65. The number of hydrogen-bond donors (Lipinski definition) is 0. The molecule has 1 atom stereocenters.